The number of amides is 3. The monoisotopic (exact) mass is 453 g/mol. The molecular weight excluding hydrogens is 422 g/mol. The molecule has 0 aromatic heterocycles. The fraction of sp³-hybridized carbons (Fsp3) is 0.571. The summed E-state index contributed by atoms with van der Waals surface area (Å²) in [6.45, 7) is 8.60. The van der Waals surface area contributed by atoms with Crippen molar-refractivity contribution in [2.24, 2.45) is 17.8 Å². The van der Waals surface area contributed by atoms with E-state index in [1.807, 2.05) is 27.7 Å². The first kappa shape index (κ1) is 24.8. The highest BCUT2D eigenvalue weighted by atomic mass is 32.2. The van der Waals surface area contributed by atoms with E-state index in [2.05, 4.69) is 10.6 Å². The predicted octanol–water partition coefficient (Wildman–Crippen LogP) is 1.99. The first-order valence-corrected chi connectivity index (χ1v) is 11.8. The Morgan fingerprint density at radius 2 is 1.68 bits per heavy atom. The van der Waals surface area contributed by atoms with E-state index < -0.39 is 34.5 Å². The molecule has 1 fully saturated rings. The topological polar surface area (TPSA) is 122 Å². The second-order valence-corrected chi connectivity index (χ2v) is 10.5. The Morgan fingerprint density at radius 3 is 2.23 bits per heavy atom. The molecule has 1 aliphatic heterocycles. The Balaban J connectivity index is 1.91. The average molecular weight is 454 g/mol. The van der Waals surface area contributed by atoms with Gasteiger partial charge in [-0.1, -0.05) is 27.7 Å². The van der Waals surface area contributed by atoms with Gasteiger partial charge in [-0.2, -0.15) is 4.31 Å². The lowest BCUT2D eigenvalue weighted by Gasteiger charge is -2.34. The number of urea groups is 1. The van der Waals surface area contributed by atoms with Crippen LogP contribution in [-0.2, 0) is 19.6 Å². The molecule has 0 saturated carbocycles. The summed E-state index contributed by atoms with van der Waals surface area (Å²) < 4.78 is 32.2. The molecule has 3 amide bonds. The summed E-state index contributed by atoms with van der Waals surface area (Å²) in [4.78, 5) is 35.5. The third-order valence-electron chi connectivity index (χ3n) is 4.82. The molecule has 0 unspecified atom stereocenters. The maximum atomic E-state index is 12.9. The van der Waals surface area contributed by atoms with Gasteiger partial charge in [0.25, 0.3) is 5.91 Å². The van der Waals surface area contributed by atoms with Crippen molar-refractivity contribution in [3.05, 3.63) is 29.8 Å². The van der Waals surface area contributed by atoms with Crippen molar-refractivity contribution >= 4 is 27.9 Å². The molecule has 31 heavy (non-hydrogen) atoms. The minimum Gasteiger partial charge on any atom is -0.452 e. The van der Waals surface area contributed by atoms with Gasteiger partial charge in [-0.15, -0.1) is 0 Å². The van der Waals surface area contributed by atoms with Gasteiger partial charge in [0, 0.05) is 19.6 Å². The van der Waals surface area contributed by atoms with Crippen LogP contribution in [0.4, 0.5) is 4.79 Å². The summed E-state index contributed by atoms with van der Waals surface area (Å²) >= 11 is 0. The van der Waals surface area contributed by atoms with E-state index in [0.29, 0.717) is 19.6 Å². The molecule has 0 radical (unpaired) electrons. The largest absolute Gasteiger partial charge is 0.452 e. The molecule has 0 aliphatic carbocycles. The van der Waals surface area contributed by atoms with E-state index in [-0.39, 0.29) is 28.2 Å². The second-order valence-electron chi connectivity index (χ2n) is 8.52. The Labute approximate surface area is 183 Å². The number of carbonyl (C=O) groups is 3. The van der Waals surface area contributed by atoms with Crippen LogP contribution in [0.15, 0.2) is 29.2 Å². The zero-order valence-electron chi connectivity index (χ0n) is 18.4. The molecule has 2 atom stereocenters. The number of hydrogen-bond donors (Lipinski definition) is 2. The van der Waals surface area contributed by atoms with Gasteiger partial charge in [0.2, 0.25) is 10.0 Å². The van der Waals surface area contributed by atoms with Gasteiger partial charge in [-0.3, -0.25) is 10.1 Å². The SMILES string of the molecule is CC(C)CNC(=O)NC(=O)COC(=O)c1ccc(S(=O)(=O)N2C[C@@H](C)C[C@H](C)C2)cc1. The third-order valence-corrected chi connectivity index (χ3v) is 6.67. The highest BCUT2D eigenvalue weighted by Crippen LogP contribution is 2.26. The number of sulfonamides is 1. The van der Waals surface area contributed by atoms with E-state index >= 15 is 0 Å². The van der Waals surface area contributed by atoms with Crippen molar-refractivity contribution in [2.75, 3.05) is 26.2 Å². The van der Waals surface area contributed by atoms with Crippen LogP contribution in [-0.4, -0.2) is 56.9 Å². The van der Waals surface area contributed by atoms with Crippen LogP contribution in [0.5, 0.6) is 0 Å². The smallest absolute Gasteiger partial charge is 0.338 e. The van der Waals surface area contributed by atoms with Gasteiger partial charge in [0.1, 0.15) is 0 Å². The number of hydrogen-bond acceptors (Lipinski definition) is 6. The first-order chi connectivity index (χ1) is 14.5. The van der Waals surface area contributed by atoms with Crippen molar-refractivity contribution in [3.8, 4) is 0 Å². The summed E-state index contributed by atoms with van der Waals surface area (Å²) in [5, 5.41) is 4.58. The van der Waals surface area contributed by atoms with Gasteiger partial charge >= 0.3 is 12.0 Å². The van der Waals surface area contributed by atoms with Crippen LogP contribution in [0.2, 0.25) is 0 Å². The molecule has 1 aromatic rings. The number of carbonyl (C=O) groups excluding carboxylic acids is 3. The molecule has 0 spiro atoms. The Morgan fingerprint density at radius 1 is 1.10 bits per heavy atom. The van der Waals surface area contributed by atoms with Crippen LogP contribution < -0.4 is 10.6 Å². The van der Waals surface area contributed by atoms with Crippen molar-refractivity contribution < 1.29 is 27.5 Å². The maximum Gasteiger partial charge on any atom is 0.338 e. The van der Waals surface area contributed by atoms with Gasteiger partial charge in [-0.25, -0.2) is 18.0 Å². The summed E-state index contributed by atoms with van der Waals surface area (Å²) in [5.74, 6) is -0.756. The van der Waals surface area contributed by atoms with Crippen LogP contribution in [0.3, 0.4) is 0 Å². The Hall–Kier alpha value is -2.46. The Kier molecular flexibility index (Phi) is 8.58. The van der Waals surface area contributed by atoms with Crippen molar-refractivity contribution in [1.29, 1.82) is 0 Å². The number of piperidine rings is 1. The fourth-order valence-corrected chi connectivity index (χ4v) is 5.11. The molecule has 10 heteroatoms. The van der Waals surface area contributed by atoms with E-state index in [1.165, 1.54) is 28.6 Å². The molecule has 2 N–H and O–H groups in total. The summed E-state index contributed by atoms with van der Waals surface area (Å²) in [6, 6.07) is 4.74. The predicted molar refractivity (Wildman–Crippen MR) is 115 cm³/mol. The lowest BCUT2D eigenvalue weighted by Crippen LogP contribution is -2.42. The van der Waals surface area contributed by atoms with Gasteiger partial charge < -0.3 is 10.1 Å². The minimum atomic E-state index is -3.65. The number of nitrogens with one attached hydrogen (secondary N) is 2. The summed E-state index contributed by atoms with van der Waals surface area (Å²) in [5.41, 5.74) is 0.108. The quantitative estimate of drug-likeness (QED) is 0.609. The first-order valence-electron chi connectivity index (χ1n) is 10.3. The highest BCUT2D eigenvalue weighted by Gasteiger charge is 2.31. The van der Waals surface area contributed by atoms with Crippen molar-refractivity contribution in [1.82, 2.24) is 14.9 Å². The molecule has 2 rings (SSSR count). The molecule has 1 aromatic carbocycles. The third kappa shape index (κ3) is 7.32. The highest BCUT2D eigenvalue weighted by molar-refractivity contribution is 7.89. The number of esters is 1. The van der Waals surface area contributed by atoms with Crippen LogP contribution in [0.1, 0.15) is 44.5 Å². The number of rotatable bonds is 7. The van der Waals surface area contributed by atoms with Crippen molar-refractivity contribution in [2.45, 2.75) is 39.0 Å². The molecule has 172 valence electrons. The van der Waals surface area contributed by atoms with Gasteiger partial charge in [0.05, 0.1) is 10.5 Å². The average Bonchev–Trinajstić information content (AvgIpc) is 2.70. The van der Waals surface area contributed by atoms with Crippen LogP contribution in [0.25, 0.3) is 0 Å². The maximum absolute atomic E-state index is 12.9. The molecule has 1 saturated heterocycles. The standard InChI is InChI=1S/C21H31N3O6S/c1-14(2)10-22-21(27)23-19(25)13-30-20(26)17-5-7-18(8-6-17)31(28,29)24-11-15(3)9-16(4)12-24/h5-8,14-16H,9-13H2,1-4H3,(H2,22,23,25,27)/t15-,16-/m0/s1. The molecular formula is C21H31N3O6S. The summed E-state index contributed by atoms with van der Waals surface area (Å²) in [7, 11) is -3.65. The Bertz CT molecular complexity index is 888. The van der Waals surface area contributed by atoms with Crippen LogP contribution in [0, 0.1) is 17.8 Å². The second kappa shape index (κ2) is 10.7. The van der Waals surface area contributed by atoms with E-state index in [4.69, 9.17) is 4.74 Å². The molecule has 0 bridgehead atoms. The summed E-state index contributed by atoms with van der Waals surface area (Å²) in [6.07, 6.45) is 0.990. The fourth-order valence-electron chi connectivity index (χ4n) is 3.43. The lowest BCUT2D eigenvalue weighted by molar-refractivity contribution is -0.123. The zero-order valence-corrected chi connectivity index (χ0v) is 19.2. The number of imide groups is 1. The number of benzene rings is 1. The zero-order chi connectivity index (χ0) is 23.2. The van der Waals surface area contributed by atoms with Crippen molar-refractivity contribution in [3.63, 3.8) is 0 Å². The van der Waals surface area contributed by atoms with Gasteiger partial charge in [-0.05, 0) is 48.4 Å². The number of ether oxygens (including phenoxy) is 1. The van der Waals surface area contributed by atoms with E-state index in [9.17, 15) is 22.8 Å². The number of nitrogens with zero attached hydrogens (tertiary/aromatic N) is 1. The molecule has 1 heterocycles. The molecule has 9 nitrogen and oxygen atoms in total. The normalized spacial score (nSPS) is 19.6. The molecule has 1 aliphatic rings. The van der Waals surface area contributed by atoms with E-state index in [0.717, 1.165) is 6.42 Å². The lowest BCUT2D eigenvalue weighted by atomic mass is 9.94. The van der Waals surface area contributed by atoms with Crippen LogP contribution >= 0.6 is 0 Å². The van der Waals surface area contributed by atoms with Gasteiger partial charge in [0.15, 0.2) is 6.61 Å². The minimum absolute atomic E-state index is 0.102. The van der Waals surface area contributed by atoms with E-state index in [1.54, 1.807) is 0 Å².